The summed E-state index contributed by atoms with van der Waals surface area (Å²) in [5.41, 5.74) is -0.945. The number of carbonyl (C=O) groups excluding carboxylic acids is 1. The molecule has 1 aliphatic heterocycles. The number of amides is 1. The number of carboxylic acids is 1. The molecular formula is C13H12F3NO5. The lowest BCUT2D eigenvalue weighted by Crippen LogP contribution is -2.30. The number of halogens is 3. The molecule has 1 aliphatic rings. The Labute approximate surface area is 122 Å². The lowest BCUT2D eigenvalue weighted by Gasteiger charge is -2.15. The molecule has 2 N–H and O–H groups in total. The molecule has 0 radical (unpaired) electrons. The highest BCUT2D eigenvalue weighted by molar-refractivity contribution is 6.02. The van der Waals surface area contributed by atoms with Crippen LogP contribution in [0, 0.1) is 0 Å². The van der Waals surface area contributed by atoms with Gasteiger partial charge in [0.05, 0.1) is 24.5 Å². The van der Waals surface area contributed by atoms with E-state index < -0.39 is 29.3 Å². The maximum absolute atomic E-state index is 12.2. The number of rotatable bonds is 4. The summed E-state index contributed by atoms with van der Waals surface area (Å²) in [7, 11) is 0. The van der Waals surface area contributed by atoms with E-state index in [0.717, 1.165) is 12.1 Å². The Bertz CT molecular complexity index is 582. The topological polar surface area (TPSA) is 84.9 Å². The number of hydrogen-bond acceptors (Lipinski definition) is 4. The molecule has 0 saturated carbocycles. The number of ether oxygens (including phenoxy) is 2. The van der Waals surface area contributed by atoms with Gasteiger partial charge in [0, 0.05) is 6.42 Å². The van der Waals surface area contributed by atoms with Gasteiger partial charge in [0.15, 0.2) is 0 Å². The lowest BCUT2D eigenvalue weighted by molar-refractivity contribution is -0.167. The summed E-state index contributed by atoms with van der Waals surface area (Å²) in [6, 6.07) is 3.40. The van der Waals surface area contributed by atoms with Crippen LogP contribution in [0.15, 0.2) is 18.2 Å². The normalized spacial score (nSPS) is 18.0. The molecule has 2 rings (SSSR count). The Morgan fingerprint density at radius 1 is 1.36 bits per heavy atom. The molecule has 0 spiro atoms. The van der Waals surface area contributed by atoms with Crippen molar-refractivity contribution in [3.8, 4) is 5.75 Å². The molecule has 1 fully saturated rings. The zero-order chi connectivity index (χ0) is 16.3. The monoisotopic (exact) mass is 319 g/mol. The van der Waals surface area contributed by atoms with Crippen molar-refractivity contribution >= 4 is 17.6 Å². The largest absolute Gasteiger partial charge is 0.488 e. The van der Waals surface area contributed by atoms with E-state index >= 15 is 0 Å². The highest BCUT2D eigenvalue weighted by atomic mass is 19.4. The van der Waals surface area contributed by atoms with Crippen molar-refractivity contribution in [2.24, 2.45) is 0 Å². The SMILES string of the molecule is O=C(O)c1cc(OC2CCOC2)ccc1NC(=O)C(F)(F)F. The van der Waals surface area contributed by atoms with Crippen molar-refractivity contribution < 1.29 is 37.3 Å². The van der Waals surface area contributed by atoms with E-state index in [4.69, 9.17) is 14.6 Å². The second-order valence-corrected chi connectivity index (χ2v) is 4.57. The summed E-state index contributed by atoms with van der Waals surface area (Å²) in [6.45, 7) is 0.880. The van der Waals surface area contributed by atoms with Crippen molar-refractivity contribution in [3.63, 3.8) is 0 Å². The van der Waals surface area contributed by atoms with Gasteiger partial charge < -0.3 is 19.9 Å². The van der Waals surface area contributed by atoms with Gasteiger partial charge in [-0.05, 0) is 18.2 Å². The first-order valence-corrected chi connectivity index (χ1v) is 6.27. The Morgan fingerprint density at radius 2 is 2.09 bits per heavy atom. The summed E-state index contributed by atoms with van der Waals surface area (Å²) < 4.78 is 47.2. The van der Waals surface area contributed by atoms with Gasteiger partial charge in [-0.25, -0.2) is 4.79 Å². The molecule has 0 bridgehead atoms. The van der Waals surface area contributed by atoms with Crippen LogP contribution in [0.4, 0.5) is 18.9 Å². The van der Waals surface area contributed by atoms with Crippen molar-refractivity contribution in [2.75, 3.05) is 18.5 Å². The summed E-state index contributed by atoms with van der Waals surface area (Å²) in [6.07, 6.45) is -4.71. The first-order valence-electron chi connectivity index (χ1n) is 6.27. The predicted octanol–water partition coefficient (Wildman–Crippen LogP) is 2.05. The first-order chi connectivity index (χ1) is 10.3. The molecule has 1 unspecified atom stereocenters. The zero-order valence-electron chi connectivity index (χ0n) is 11.1. The lowest BCUT2D eigenvalue weighted by atomic mass is 10.1. The van der Waals surface area contributed by atoms with Crippen LogP contribution < -0.4 is 10.1 Å². The van der Waals surface area contributed by atoms with Crippen molar-refractivity contribution in [3.05, 3.63) is 23.8 Å². The quantitative estimate of drug-likeness (QED) is 0.887. The molecule has 0 aromatic heterocycles. The van der Waals surface area contributed by atoms with E-state index in [1.807, 2.05) is 0 Å². The van der Waals surface area contributed by atoms with Crippen LogP contribution in [0.2, 0.25) is 0 Å². The molecule has 1 aromatic carbocycles. The number of nitrogens with one attached hydrogen (secondary N) is 1. The van der Waals surface area contributed by atoms with E-state index in [9.17, 15) is 22.8 Å². The average molecular weight is 319 g/mol. The van der Waals surface area contributed by atoms with Gasteiger partial charge in [-0.3, -0.25) is 4.79 Å². The van der Waals surface area contributed by atoms with E-state index in [-0.39, 0.29) is 11.9 Å². The Kier molecular flexibility index (Phi) is 4.55. The summed E-state index contributed by atoms with van der Waals surface area (Å²) in [5.74, 6) is -3.55. The van der Waals surface area contributed by atoms with Crippen LogP contribution in [-0.4, -0.2) is 42.5 Å². The standard InChI is InChI=1S/C13H12F3NO5/c14-13(15,16)12(20)17-10-2-1-7(5-9(10)11(18)19)22-8-3-4-21-6-8/h1-2,5,8H,3-4,6H2,(H,17,20)(H,18,19). The van der Waals surface area contributed by atoms with Gasteiger partial charge in [-0.2, -0.15) is 13.2 Å². The van der Waals surface area contributed by atoms with Crippen LogP contribution in [-0.2, 0) is 9.53 Å². The van der Waals surface area contributed by atoms with Crippen molar-refractivity contribution in [1.29, 1.82) is 0 Å². The molecule has 6 nitrogen and oxygen atoms in total. The number of anilines is 1. The number of alkyl halides is 3. The van der Waals surface area contributed by atoms with Crippen LogP contribution in [0.3, 0.4) is 0 Å². The third kappa shape index (κ3) is 3.88. The fourth-order valence-electron chi connectivity index (χ4n) is 1.87. The Balaban J connectivity index is 2.19. The second kappa shape index (κ2) is 6.22. The van der Waals surface area contributed by atoms with Crippen LogP contribution in [0.1, 0.15) is 16.8 Å². The van der Waals surface area contributed by atoms with E-state index in [1.54, 1.807) is 0 Å². The van der Waals surface area contributed by atoms with Crippen LogP contribution in [0.25, 0.3) is 0 Å². The molecule has 1 heterocycles. The smallest absolute Gasteiger partial charge is 0.471 e. The third-order valence-electron chi connectivity index (χ3n) is 2.92. The van der Waals surface area contributed by atoms with E-state index in [0.29, 0.717) is 19.6 Å². The second-order valence-electron chi connectivity index (χ2n) is 4.57. The molecular weight excluding hydrogens is 307 g/mol. The molecule has 1 atom stereocenters. The Morgan fingerprint density at radius 3 is 2.64 bits per heavy atom. The average Bonchev–Trinajstić information content (AvgIpc) is 2.92. The van der Waals surface area contributed by atoms with Gasteiger partial charge in [0.2, 0.25) is 0 Å². The summed E-state index contributed by atoms with van der Waals surface area (Å²) in [5, 5.41) is 10.6. The predicted molar refractivity (Wildman–Crippen MR) is 67.9 cm³/mol. The third-order valence-corrected chi connectivity index (χ3v) is 2.92. The van der Waals surface area contributed by atoms with Gasteiger partial charge in [-0.1, -0.05) is 0 Å². The molecule has 1 saturated heterocycles. The number of carboxylic acid groups (broad SMARTS) is 1. The van der Waals surface area contributed by atoms with Gasteiger partial charge in [0.25, 0.3) is 0 Å². The van der Waals surface area contributed by atoms with Crippen molar-refractivity contribution in [2.45, 2.75) is 18.7 Å². The first kappa shape index (κ1) is 16.1. The molecule has 1 amide bonds. The minimum Gasteiger partial charge on any atom is -0.488 e. The minimum atomic E-state index is -5.11. The fourth-order valence-corrected chi connectivity index (χ4v) is 1.87. The molecule has 120 valence electrons. The number of hydrogen-bond donors (Lipinski definition) is 2. The molecule has 1 aromatic rings. The number of carbonyl (C=O) groups is 2. The zero-order valence-corrected chi connectivity index (χ0v) is 11.1. The maximum atomic E-state index is 12.2. The number of benzene rings is 1. The number of aromatic carboxylic acids is 1. The van der Waals surface area contributed by atoms with Crippen LogP contribution >= 0.6 is 0 Å². The molecule has 9 heteroatoms. The minimum absolute atomic E-state index is 0.179. The highest BCUT2D eigenvalue weighted by Crippen LogP contribution is 2.26. The maximum Gasteiger partial charge on any atom is 0.471 e. The summed E-state index contributed by atoms with van der Waals surface area (Å²) >= 11 is 0. The molecule has 0 aliphatic carbocycles. The van der Waals surface area contributed by atoms with Crippen molar-refractivity contribution in [1.82, 2.24) is 0 Å². The molecule has 22 heavy (non-hydrogen) atoms. The van der Waals surface area contributed by atoms with Gasteiger partial charge in [0.1, 0.15) is 11.9 Å². The van der Waals surface area contributed by atoms with Gasteiger partial charge >= 0.3 is 18.1 Å². The fraction of sp³-hybridized carbons (Fsp3) is 0.385. The van der Waals surface area contributed by atoms with Crippen LogP contribution in [0.5, 0.6) is 5.75 Å². The Hall–Kier alpha value is -2.29. The highest BCUT2D eigenvalue weighted by Gasteiger charge is 2.39. The summed E-state index contributed by atoms with van der Waals surface area (Å²) in [4.78, 5) is 22.0. The van der Waals surface area contributed by atoms with Gasteiger partial charge in [-0.15, -0.1) is 0 Å². The van der Waals surface area contributed by atoms with E-state index in [1.165, 1.54) is 11.4 Å². The van der Waals surface area contributed by atoms with E-state index in [2.05, 4.69) is 0 Å².